The fourth-order valence-corrected chi connectivity index (χ4v) is 4.72. The smallest absolute Gasteiger partial charge is 0.247 e. The van der Waals surface area contributed by atoms with Crippen LogP contribution in [-0.4, -0.2) is 41.3 Å². The molecule has 7 heteroatoms. The lowest BCUT2D eigenvalue weighted by Gasteiger charge is -2.24. The largest absolute Gasteiger partial charge is 0.457 e. The number of rotatable bonds is 9. The number of anilines is 1. The number of likely N-dealkylation sites (tertiary alicyclic amines) is 1. The lowest BCUT2D eigenvalue weighted by atomic mass is 9.96. The first-order valence-corrected chi connectivity index (χ1v) is 13.1. The van der Waals surface area contributed by atoms with Gasteiger partial charge in [0.15, 0.2) is 0 Å². The molecule has 0 aromatic heterocycles. The number of amides is 2. The highest BCUT2D eigenvalue weighted by Crippen LogP contribution is 2.29. The second-order valence-electron chi connectivity index (χ2n) is 8.67. The summed E-state index contributed by atoms with van der Waals surface area (Å²) in [5.41, 5.74) is 1.84. The Morgan fingerprint density at radius 2 is 1.66 bits per heavy atom. The summed E-state index contributed by atoms with van der Waals surface area (Å²) in [6, 6.07) is 22.5. The van der Waals surface area contributed by atoms with E-state index < -0.39 is 6.04 Å². The van der Waals surface area contributed by atoms with Crippen LogP contribution in [0.25, 0.3) is 0 Å². The second-order valence-corrected chi connectivity index (χ2v) is 9.65. The molecule has 1 aliphatic rings. The van der Waals surface area contributed by atoms with Crippen molar-refractivity contribution in [3.8, 4) is 11.5 Å². The zero-order chi connectivity index (χ0) is 24.6. The average molecular weight is 493 g/mol. The van der Waals surface area contributed by atoms with Gasteiger partial charge in [0.1, 0.15) is 23.4 Å². The molecule has 0 radical (unpaired) electrons. The molecule has 1 aliphatic heterocycles. The Labute approximate surface area is 209 Å². The Morgan fingerprint density at radius 1 is 1.00 bits per heavy atom. The summed E-state index contributed by atoms with van der Waals surface area (Å²) < 4.78 is 18.8. The lowest BCUT2D eigenvalue weighted by molar-refractivity contribution is -0.136. The highest BCUT2D eigenvalue weighted by molar-refractivity contribution is 7.98. The van der Waals surface area contributed by atoms with E-state index in [1.807, 2.05) is 24.5 Å². The SMILES string of the molecule is CSCCC(=O)N1C[C@H](Cc2ccccc2)C[C@H]1C(=O)Nc1ccc(Oc2ccc(F)cc2)cc1. The van der Waals surface area contributed by atoms with E-state index in [-0.39, 0.29) is 23.5 Å². The molecule has 182 valence electrons. The predicted octanol–water partition coefficient (Wildman–Crippen LogP) is 5.77. The summed E-state index contributed by atoms with van der Waals surface area (Å²) >= 11 is 1.63. The van der Waals surface area contributed by atoms with Crippen molar-refractivity contribution in [3.63, 3.8) is 0 Å². The molecule has 1 fully saturated rings. The summed E-state index contributed by atoms with van der Waals surface area (Å²) in [5.74, 6) is 1.60. The fourth-order valence-electron chi connectivity index (χ4n) is 4.35. The van der Waals surface area contributed by atoms with E-state index in [2.05, 4.69) is 17.4 Å². The van der Waals surface area contributed by atoms with Crippen molar-refractivity contribution in [2.24, 2.45) is 5.92 Å². The predicted molar refractivity (Wildman–Crippen MR) is 138 cm³/mol. The molecule has 0 unspecified atom stereocenters. The topological polar surface area (TPSA) is 58.6 Å². The van der Waals surface area contributed by atoms with Gasteiger partial charge < -0.3 is 15.0 Å². The van der Waals surface area contributed by atoms with Gasteiger partial charge in [0, 0.05) is 24.4 Å². The molecule has 0 bridgehead atoms. The highest BCUT2D eigenvalue weighted by Gasteiger charge is 2.39. The molecule has 1 saturated heterocycles. The molecular weight excluding hydrogens is 463 g/mol. The van der Waals surface area contributed by atoms with Gasteiger partial charge in [-0.3, -0.25) is 9.59 Å². The van der Waals surface area contributed by atoms with Gasteiger partial charge in [0.05, 0.1) is 0 Å². The van der Waals surface area contributed by atoms with E-state index in [1.54, 1.807) is 53.1 Å². The van der Waals surface area contributed by atoms with Gasteiger partial charge in [0.2, 0.25) is 11.8 Å². The molecule has 4 rings (SSSR count). The standard InChI is InChI=1S/C28H29FN2O3S/c1-35-16-15-27(32)31-19-21(17-20-5-3-2-4-6-20)18-26(31)28(33)30-23-9-13-25(14-10-23)34-24-11-7-22(29)8-12-24/h2-14,21,26H,15-19H2,1H3,(H,30,33)/t21-,26+/m1/s1. The molecule has 2 atom stereocenters. The Balaban J connectivity index is 1.41. The number of halogens is 1. The molecule has 5 nitrogen and oxygen atoms in total. The first-order chi connectivity index (χ1) is 17.0. The van der Waals surface area contributed by atoms with E-state index in [4.69, 9.17) is 4.74 Å². The van der Waals surface area contributed by atoms with E-state index in [0.717, 1.165) is 12.2 Å². The molecule has 35 heavy (non-hydrogen) atoms. The average Bonchev–Trinajstić information content (AvgIpc) is 3.30. The van der Waals surface area contributed by atoms with Crippen LogP contribution in [-0.2, 0) is 16.0 Å². The Bertz CT molecular complexity index is 1120. The zero-order valence-corrected chi connectivity index (χ0v) is 20.5. The number of benzene rings is 3. The van der Waals surface area contributed by atoms with Crippen molar-refractivity contribution in [2.75, 3.05) is 23.9 Å². The van der Waals surface area contributed by atoms with Crippen LogP contribution in [0.5, 0.6) is 11.5 Å². The van der Waals surface area contributed by atoms with E-state index in [0.29, 0.717) is 36.6 Å². The third-order valence-electron chi connectivity index (χ3n) is 6.07. The monoisotopic (exact) mass is 492 g/mol. The minimum Gasteiger partial charge on any atom is -0.457 e. The van der Waals surface area contributed by atoms with E-state index in [1.165, 1.54) is 17.7 Å². The summed E-state index contributed by atoms with van der Waals surface area (Å²) in [5, 5.41) is 2.96. The number of hydrogen-bond acceptors (Lipinski definition) is 4. The number of hydrogen-bond donors (Lipinski definition) is 1. The van der Waals surface area contributed by atoms with Crippen LogP contribution in [0, 0.1) is 11.7 Å². The quantitative estimate of drug-likeness (QED) is 0.412. The van der Waals surface area contributed by atoms with Gasteiger partial charge in [-0.05, 0) is 79.1 Å². The fraction of sp³-hybridized carbons (Fsp3) is 0.286. The van der Waals surface area contributed by atoms with Crippen molar-refractivity contribution in [3.05, 3.63) is 90.2 Å². The van der Waals surface area contributed by atoms with Gasteiger partial charge in [-0.25, -0.2) is 4.39 Å². The van der Waals surface area contributed by atoms with E-state index in [9.17, 15) is 14.0 Å². The molecule has 1 heterocycles. The van der Waals surface area contributed by atoms with E-state index >= 15 is 0 Å². The molecule has 0 spiro atoms. The molecule has 0 aliphatic carbocycles. The maximum Gasteiger partial charge on any atom is 0.247 e. The molecular formula is C28H29FN2O3S. The number of thioether (sulfide) groups is 1. The van der Waals surface area contributed by atoms with Gasteiger partial charge >= 0.3 is 0 Å². The van der Waals surface area contributed by atoms with Crippen LogP contribution in [0.2, 0.25) is 0 Å². The van der Waals surface area contributed by atoms with Crippen LogP contribution in [0.4, 0.5) is 10.1 Å². The minimum atomic E-state index is -0.492. The summed E-state index contributed by atoms with van der Waals surface area (Å²) in [6.45, 7) is 0.588. The van der Waals surface area contributed by atoms with Gasteiger partial charge in [0.25, 0.3) is 0 Å². The molecule has 0 saturated carbocycles. The first kappa shape index (κ1) is 24.8. The number of carbonyl (C=O) groups is 2. The van der Waals surface area contributed by atoms with Crippen LogP contribution >= 0.6 is 11.8 Å². The van der Waals surface area contributed by atoms with Crippen molar-refractivity contribution < 1.29 is 18.7 Å². The lowest BCUT2D eigenvalue weighted by Crippen LogP contribution is -2.43. The second kappa shape index (κ2) is 11.9. The molecule has 3 aromatic carbocycles. The Morgan fingerprint density at radius 3 is 2.31 bits per heavy atom. The number of carbonyl (C=O) groups excluding carboxylic acids is 2. The minimum absolute atomic E-state index is 0.0260. The number of nitrogens with one attached hydrogen (secondary N) is 1. The summed E-state index contributed by atoms with van der Waals surface area (Å²) in [6.07, 6.45) is 3.88. The van der Waals surface area contributed by atoms with Crippen LogP contribution in [0.3, 0.4) is 0 Å². The molecule has 3 aromatic rings. The number of nitrogens with zero attached hydrogens (tertiary/aromatic N) is 1. The molecule has 1 N–H and O–H groups in total. The van der Waals surface area contributed by atoms with Crippen LogP contribution < -0.4 is 10.1 Å². The maximum atomic E-state index is 13.2. The maximum absolute atomic E-state index is 13.2. The van der Waals surface area contributed by atoms with Gasteiger partial charge in [-0.2, -0.15) is 11.8 Å². The van der Waals surface area contributed by atoms with Crippen molar-refractivity contribution in [2.45, 2.75) is 25.3 Å². The van der Waals surface area contributed by atoms with Crippen LogP contribution in [0.15, 0.2) is 78.9 Å². The third kappa shape index (κ3) is 6.85. The van der Waals surface area contributed by atoms with Gasteiger partial charge in [-0.15, -0.1) is 0 Å². The third-order valence-corrected chi connectivity index (χ3v) is 6.68. The zero-order valence-electron chi connectivity index (χ0n) is 19.7. The Kier molecular flexibility index (Phi) is 8.42. The summed E-state index contributed by atoms with van der Waals surface area (Å²) in [4.78, 5) is 27.9. The normalized spacial score (nSPS) is 17.3. The molecule has 2 amide bonds. The number of ether oxygens (including phenoxy) is 1. The first-order valence-electron chi connectivity index (χ1n) is 11.7. The highest BCUT2D eigenvalue weighted by atomic mass is 32.2. The van der Waals surface area contributed by atoms with Crippen molar-refractivity contribution in [1.82, 2.24) is 4.90 Å². The van der Waals surface area contributed by atoms with Crippen molar-refractivity contribution in [1.29, 1.82) is 0 Å². The van der Waals surface area contributed by atoms with Crippen LogP contribution in [0.1, 0.15) is 18.4 Å². The van der Waals surface area contributed by atoms with Gasteiger partial charge in [-0.1, -0.05) is 30.3 Å². The Hall–Kier alpha value is -3.32. The van der Waals surface area contributed by atoms with Crippen molar-refractivity contribution >= 4 is 29.3 Å². The summed E-state index contributed by atoms with van der Waals surface area (Å²) in [7, 11) is 0.